The van der Waals surface area contributed by atoms with Gasteiger partial charge in [0.05, 0.1) is 6.20 Å². The van der Waals surface area contributed by atoms with Crippen molar-refractivity contribution in [3.63, 3.8) is 0 Å². The van der Waals surface area contributed by atoms with E-state index in [-0.39, 0.29) is 6.04 Å². The van der Waals surface area contributed by atoms with E-state index in [0.29, 0.717) is 25.3 Å². The molecule has 1 atom stereocenters. The monoisotopic (exact) mass is 340 g/mol. The lowest BCUT2D eigenvalue weighted by atomic mass is 10.00. The lowest BCUT2D eigenvalue weighted by molar-refractivity contribution is 0.0424. The van der Waals surface area contributed by atoms with E-state index in [4.69, 9.17) is 4.74 Å². The van der Waals surface area contributed by atoms with Gasteiger partial charge in [0.15, 0.2) is 0 Å². The molecule has 1 N–H and O–H groups in total. The second-order valence-corrected chi connectivity index (χ2v) is 7.30. The van der Waals surface area contributed by atoms with Crippen LogP contribution in [0.2, 0.25) is 0 Å². The van der Waals surface area contributed by atoms with Crippen molar-refractivity contribution < 1.29 is 9.84 Å². The molecular weight excluding hydrogens is 316 g/mol. The van der Waals surface area contributed by atoms with Crippen molar-refractivity contribution in [3.8, 4) is 5.75 Å². The van der Waals surface area contributed by atoms with Crippen molar-refractivity contribution in [3.05, 3.63) is 47.3 Å². The average molecular weight is 340 g/mol. The minimum absolute atomic E-state index is 0.243. The van der Waals surface area contributed by atoms with E-state index in [2.05, 4.69) is 41.2 Å². The molecule has 0 amide bonds. The van der Waals surface area contributed by atoms with Gasteiger partial charge in [0, 0.05) is 31.2 Å². The third kappa shape index (κ3) is 3.19. The molecule has 6 heteroatoms. The van der Waals surface area contributed by atoms with E-state index >= 15 is 0 Å². The Morgan fingerprint density at radius 3 is 2.96 bits per heavy atom. The molecule has 4 rings (SSSR count). The van der Waals surface area contributed by atoms with Crippen LogP contribution in [0.25, 0.3) is 6.08 Å². The van der Waals surface area contributed by atoms with Crippen LogP contribution in [-0.2, 0) is 5.60 Å². The molecule has 132 valence electrons. The van der Waals surface area contributed by atoms with Crippen LogP contribution in [0.4, 0.5) is 0 Å². The number of benzene rings is 1. The summed E-state index contributed by atoms with van der Waals surface area (Å²) in [6.45, 7) is 6.92. The number of hydrogen-bond donors (Lipinski definition) is 1. The van der Waals surface area contributed by atoms with Gasteiger partial charge in [-0.3, -0.25) is 4.90 Å². The van der Waals surface area contributed by atoms with E-state index < -0.39 is 5.60 Å². The molecule has 2 aliphatic heterocycles. The summed E-state index contributed by atoms with van der Waals surface area (Å²) in [7, 11) is 0. The minimum Gasteiger partial charge on any atom is -0.489 e. The van der Waals surface area contributed by atoms with Crippen LogP contribution in [0.3, 0.4) is 0 Å². The summed E-state index contributed by atoms with van der Waals surface area (Å²) in [4.78, 5) is 2.26. The van der Waals surface area contributed by atoms with Crippen LogP contribution < -0.4 is 4.74 Å². The highest BCUT2D eigenvalue weighted by Crippen LogP contribution is 2.32. The lowest BCUT2D eigenvalue weighted by Gasteiger charge is -2.24. The molecule has 0 spiro atoms. The molecule has 1 aromatic heterocycles. The first-order valence-corrected chi connectivity index (χ1v) is 8.82. The van der Waals surface area contributed by atoms with Gasteiger partial charge in [0.25, 0.3) is 0 Å². The number of ether oxygens (including phenoxy) is 1. The molecule has 1 unspecified atom stereocenters. The van der Waals surface area contributed by atoms with Gasteiger partial charge >= 0.3 is 0 Å². The van der Waals surface area contributed by atoms with Gasteiger partial charge in [-0.15, -0.1) is 5.10 Å². The number of likely N-dealkylation sites (tertiary alicyclic amines) is 1. The number of nitrogens with zero attached hydrogens (tertiary/aromatic N) is 4. The normalized spacial score (nSPS) is 23.4. The molecule has 1 aromatic carbocycles. The average Bonchev–Trinajstić information content (AvgIpc) is 3.23. The highest BCUT2D eigenvalue weighted by Gasteiger charge is 2.40. The number of rotatable bonds is 4. The second-order valence-electron chi connectivity index (χ2n) is 7.30. The fraction of sp³-hybridized carbons (Fsp3) is 0.474. The summed E-state index contributed by atoms with van der Waals surface area (Å²) < 4.78 is 7.63. The Hall–Kier alpha value is -2.18. The predicted octanol–water partition coefficient (Wildman–Crippen LogP) is 2.23. The summed E-state index contributed by atoms with van der Waals surface area (Å²) in [5.41, 5.74) is 2.11. The molecule has 1 saturated heterocycles. The number of para-hydroxylation sites is 1. The lowest BCUT2D eigenvalue weighted by Crippen LogP contribution is -2.33. The third-order valence-electron chi connectivity index (χ3n) is 4.96. The Morgan fingerprint density at radius 2 is 2.16 bits per heavy atom. The highest BCUT2D eigenvalue weighted by molar-refractivity contribution is 5.62. The number of β-amino-alcohol motifs (C(OH)–C–C–N with tert-alkyl or cyclic N) is 1. The summed E-state index contributed by atoms with van der Waals surface area (Å²) in [6, 6.07) is 8.32. The summed E-state index contributed by atoms with van der Waals surface area (Å²) in [5.74, 6) is 0.939. The fourth-order valence-electron chi connectivity index (χ4n) is 3.50. The summed E-state index contributed by atoms with van der Waals surface area (Å²) in [5, 5.41) is 19.3. The molecule has 2 aliphatic rings. The zero-order valence-corrected chi connectivity index (χ0v) is 14.7. The van der Waals surface area contributed by atoms with Crippen LogP contribution >= 0.6 is 0 Å². The molecule has 0 bridgehead atoms. The van der Waals surface area contributed by atoms with E-state index in [1.54, 1.807) is 4.68 Å². The number of hydrogen-bond acceptors (Lipinski definition) is 5. The molecule has 1 fully saturated rings. The van der Waals surface area contributed by atoms with Gasteiger partial charge in [-0.25, -0.2) is 4.68 Å². The second kappa shape index (κ2) is 6.28. The van der Waals surface area contributed by atoms with Gasteiger partial charge in [0.1, 0.15) is 23.7 Å². The van der Waals surface area contributed by atoms with E-state index in [0.717, 1.165) is 24.4 Å². The van der Waals surface area contributed by atoms with Gasteiger partial charge in [-0.05, 0) is 38.0 Å². The van der Waals surface area contributed by atoms with Gasteiger partial charge in [0.2, 0.25) is 0 Å². The van der Waals surface area contributed by atoms with Crippen molar-refractivity contribution >= 4 is 6.08 Å². The molecule has 2 aromatic rings. The smallest absolute Gasteiger partial charge is 0.127 e. The summed E-state index contributed by atoms with van der Waals surface area (Å²) >= 11 is 0. The van der Waals surface area contributed by atoms with Crippen LogP contribution in [0.1, 0.15) is 37.6 Å². The molecule has 6 nitrogen and oxygen atoms in total. The molecule has 0 radical (unpaired) electrons. The highest BCUT2D eigenvalue weighted by atomic mass is 16.5. The first kappa shape index (κ1) is 16.3. The maximum atomic E-state index is 11.0. The number of fused-ring (bicyclic) bond motifs is 1. The zero-order chi connectivity index (χ0) is 17.4. The Labute approximate surface area is 147 Å². The maximum Gasteiger partial charge on any atom is 0.127 e. The predicted molar refractivity (Wildman–Crippen MR) is 95.3 cm³/mol. The van der Waals surface area contributed by atoms with E-state index in [1.165, 1.54) is 5.57 Å². The topological polar surface area (TPSA) is 63.4 Å². The van der Waals surface area contributed by atoms with Crippen molar-refractivity contribution in [1.82, 2.24) is 19.9 Å². The Bertz CT molecular complexity index is 798. The van der Waals surface area contributed by atoms with Crippen LogP contribution in [0.5, 0.6) is 5.75 Å². The third-order valence-corrected chi connectivity index (χ3v) is 4.96. The van der Waals surface area contributed by atoms with E-state index in [9.17, 15) is 5.11 Å². The zero-order valence-electron chi connectivity index (χ0n) is 14.7. The van der Waals surface area contributed by atoms with Gasteiger partial charge in [-0.1, -0.05) is 23.4 Å². The first-order chi connectivity index (χ1) is 12.0. The van der Waals surface area contributed by atoms with Crippen LogP contribution in [0.15, 0.2) is 36.0 Å². The SMILES string of the molecule is CC(C)n1cc(C2(O)CCN(CC3=Cc4ccccc4OC3)C2)nn1. The first-order valence-electron chi connectivity index (χ1n) is 8.82. The Kier molecular flexibility index (Phi) is 4.09. The van der Waals surface area contributed by atoms with Crippen molar-refractivity contribution in [2.24, 2.45) is 0 Å². The summed E-state index contributed by atoms with van der Waals surface area (Å²) in [6.07, 6.45) is 4.74. The largest absolute Gasteiger partial charge is 0.489 e. The number of aromatic nitrogens is 3. The molecular formula is C19H24N4O2. The maximum absolute atomic E-state index is 11.0. The standard InChI is InChI=1S/C19H24N4O2/c1-14(2)23-11-18(20-21-23)19(24)7-8-22(13-19)10-15-9-16-5-3-4-6-17(16)25-12-15/h3-6,9,11,14,24H,7-8,10,12-13H2,1-2H3. The Morgan fingerprint density at radius 1 is 1.32 bits per heavy atom. The Balaban J connectivity index is 1.45. The van der Waals surface area contributed by atoms with Crippen LogP contribution in [0, 0.1) is 0 Å². The molecule has 0 saturated carbocycles. The minimum atomic E-state index is -0.916. The fourth-order valence-corrected chi connectivity index (χ4v) is 3.50. The quantitative estimate of drug-likeness (QED) is 0.925. The molecule has 0 aliphatic carbocycles. The molecule has 25 heavy (non-hydrogen) atoms. The van der Waals surface area contributed by atoms with Crippen molar-refractivity contribution in [2.75, 3.05) is 26.2 Å². The van der Waals surface area contributed by atoms with Crippen molar-refractivity contribution in [2.45, 2.75) is 31.9 Å². The van der Waals surface area contributed by atoms with E-state index in [1.807, 2.05) is 24.4 Å². The number of aliphatic hydroxyl groups is 1. The molecule has 3 heterocycles. The van der Waals surface area contributed by atoms with Crippen molar-refractivity contribution in [1.29, 1.82) is 0 Å². The van der Waals surface area contributed by atoms with Gasteiger partial charge in [-0.2, -0.15) is 0 Å². The van der Waals surface area contributed by atoms with Gasteiger partial charge < -0.3 is 9.84 Å². The van der Waals surface area contributed by atoms with Crippen LogP contribution in [-0.4, -0.2) is 51.2 Å².